The van der Waals surface area contributed by atoms with E-state index in [0.717, 1.165) is 26.0 Å². The number of aromatic nitrogens is 3. The highest BCUT2D eigenvalue weighted by Crippen LogP contribution is 2.21. The van der Waals surface area contributed by atoms with Crippen LogP contribution in [-0.4, -0.2) is 14.5 Å². The van der Waals surface area contributed by atoms with E-state index in [1.165, 1.54) is 5.56 Å². The normalized spacial score (nSPS) is 11.1. The SMILES string of the molecule is Cc1cccnc1Cn1c(=S)[nH]c2ccc(Br)cc21. The van der Waals surface area contributed by atoms with Gasteiger partial charge >= 0.3 is 0 Å². The lowest BCUT2D eigenvalue weighted by molar-refractivity contribution is 0.778. The summed E-state index contributed by atoms with van der Waals surface area (Å²) in [4.78, 5) is 7.65. The number of H-pyrrole nitrogens is 1. The second-order valence-electron chi connectivity index (χ2n) is 4.44. The zero-order chi connectivity index (χ0) is 13.4. The molecule has 0 saturated carbocycles. The summed E-state index contributed by atoms with van der Waals surface area (Å²) >= 11 is 8.90. The number of pyridine rings is 1. The van der Waals surface area contributed by atoms with Gasteiger partial charge in [-0.15, -0.1) is 0 Å². The first kappa shape index (κ1) is 12.6. The molecule has 0 radical (unpaired) electrons. The highest BCUT2D eigenvalue weighted by molar-refractivity contribution is 9.10. The molecule has 3 nitrogen and oxygen atoms in total. The Balaban J connectivity index is 2.15. The average molecular weight is 334 g/mol. The molecule has 0 unspecified atom stereocenters. The fraction of sp³-hybridized carbons (Fsp3) is 0.143. The minimum Gasteiger partial charge on any atom is -0.331 e. The van der Waals surface area contributed by atoms with Crippen LogP contribution in [-0.2, 0) is 6.54 Å². The van der Waals surface area contributed by atoms with Gasteiger partial charge in [0.1, 0.15) is 0 Å². The van der Waals surface area contributed by atoms with Crippen molar-refractivity contribution in [2.45, 2.75) is 13.5 Å². The molecule has 2 heterocycles. The van der Waals surface area contributed by atoms with E-state index in [-0.39, 0.29) is 0 Å². The first-order valence-electron chi connectivity index (χ1n) is 5.94. The van der Waals surface area contributed by atoms with Crippen molar-refractivity contribution in [2.24, 2.45) is 0 Å². The van der Waals surface area contributed by atoms with Gasteiger partial charge in [-0.05, 0) is 49.0 Å². The molecule has 0 amide bonds. The topological polar surface area (TPSA) is 33.6 Å². The van der Waals surface area contributed by atoms with Crippen molar-refractivity contribution in [3.8, 4) is 0 Å². The third-order valence-corrected chi connectivity index (χ3v) is 3.98. The van der Waals surface area contributed by atoms with E-state index >= 15 is 0 Å². The molecule has 19 heavy (non-hydrogen) atoms. The van der Waals surface area contributed by atoms with Gasteiger partial charge in [-0.3, -0.25) is 4.98 Å². The number of nitrogens with zero attached hydrogens (tertiary/aromatic N) is 2. The Hall–Kier alpha value is -1.46. The fourth-order valence-electron chi connectivity index (χ4n) is 2.12. The second-order valence-corrected chi connectivity index (χ2v) is 5.75. The molecule has 0 saturated heterocycles. The minimum absolute atomic E-state index is 0.682. The summed E-state index contributed by atoms with van der Waals surface area (Å²) in [7, 11) is 0. The molecule has 0 atom stereocenters. The molecule has 0 fully saturated rings. The maximum atomic E-state index is 5.40. The summed E-state index contributed by atoms with van der Waals surface area (Å²) in [5.74, 6) is 0. The van der Waals surface area contributed by atoms with Crippen LogP contribution in [0.4, 0.5) is 0 Å². The first-order chi connectivity index (χ1) is 9.15. The van der Waals surface area contributed by atoms with Crippen LogP contribution in [0.15, 0.2) is 41.0 Å². The standard InChI is InChI=1S/C14H12BrN3S/c1-9-3-2-6-16-12(9)8-18-13-7-10(15)4-5-11(13)17-14(18)19/h2-7H,8H2,1H3,(H,17,19). The lowest BCUT2D eigenvalue weighted by atomic mass is 10.2. The number of aromatic amines is 1. The lowest BCUT2D eigenvalue weighted by Crippen LogP contribution is -2.03. The van der Waals surface area contributed by atoms with Gasteiger partial charge in [-0.1, -0.05) is 22.0 Å². The molecule has 3 aromatic rings. The van der Waals surface area contributed by atoms with Gasteiger partial charge in [0.05, 0.1) is 23.3 Å². The van der Waals surface area contributed by atoms with Gasteiger partial charge in [0.15, 0.2) is 4.77 Å². The van der Waals surface area contributed by atoms with Crippen molar-refractivity contribution >= 4 is 39.2 Å². The smallest absolute Gasteiger partial charge is 0.178 e. The number of rotatable bonds is 2. The van der Waals surface area contributed by atoms with Gasteiger partial charge in [0.2, 0.25) is 0 Å². The molecule has 3 rings (SSSR count). The third-order valence-electron chi connectivity index (χ3n) is 3.16. The van der Waals surface area contributed by atoms with Crippen LogP contribution in [0.2, 0.25) is 0 Å². The van der Waals surface area contributed by atoms with Crippen molar-refractivity contribution in [3.63, 3.8) is 0 Å². The Bertz CT molecular complexity index is 804. The van der Waals surface area contributed by atoms with Gasteiger partial charge in [0.25, 0.3) is 0 Å². The molecular formula is C14H12BrN3S. The van der Waals surface area contributed by atoms with Gasteiger partial charge in [0, 0.05) is 10.7 Å². The molecule has 0 aliphatic carbocycles. The largest absolute Gasteiger partial charge is 0.331 e. The number of nitrogens with one attached hydrogen (secondary N) is 1. The van der Waals surface area contributed by atoms with E-state index in [9.17, 15) is 0 Å². The van der Waals surface area contributed by atoms with Crippen LogP contribution >= 0.6 is 28.1 Å². The highest BCUT2D eigenvalue weighted by Gasteiger charge is 2.07. The monoisotopic (exact) mass is 333 g/mol. The molecule has 96 valence electrons. The number of aryl methyl sites for hydroxylation is 1. The van der Waals surface area contributed by atoms with E-state index in [2.05, 4.69) is 49.5 Å². The predicted octanol–water partition coefficient (Wildman–Crippen LogP) is 4.21. The Labute approximate surface area is 124 Å². The van der Waals surface area contributed by atoms with Crippen LogP contribution in [0, 0.1) is 11.7 Å². The van der Waals surface area contributed by atoms with Crippen molar-refractivity contribution < 1.29 is 0 Å². The third kappa shape index (κ3) is 2.35. The summed E-state index contributed by atoms with van der Waals surface area (Å²) in [6.45, 7) is 2.75. The maximum Gasteiger partial charge on any atom is 0.178 e. The Morgan fingerprint density at radius 2 is 2.21 bits per heavy atom. The summed E-state index contributed by atoms with van der Waals surface area (Å²) < 4.78 is 3.84. The average Bonchev–Trinajstić information content (AvgIpc) is 2.69. The van der Waals surface area contributed by atoms with E-state index in [0.29, 0.717) is 6.54 Å². The Morgan fingerprint density at radius 3 is 3.00 bits per heavy atom. The van der Waals surface area contributed by atoms with Gasteiger partial charge < -0.3 is 9.55 Å². The number of fused-ring (bicyclic) bond motifs is 1. The number of halogens is 1. The summed E-state index contributed by atoms with van der Waals surface area (Å²) in [6.07, 6.45) is 1.82. The molecule has 0 spiro atoms. The Kier molecular flexibility index (Phi) is 3.24. The van der Waals surface area contributed by atoms with E-state index < -0.39 is 0 Å². The minimum atomic E-state index is 0.682. The van der Waals surface area contributed by atoms with Crippen molar-refractivity contribution in [1.82, 2.24) is 14.5 Å². The van der Waals surface area contributed by atoms with Crippen LogP contribution in [0.3, 0.4) is 0 Å². The number of hydrogen-bond acceptors (Lipinski definition) is 2. The zero-order valence-electron chi connectivity index (χ0n) is 10.4. The first-order valence-corrected chi connectivity index (χ1v) is 7.14. The number of imidazole rings is 1. The van der Waals surface area contributed by atoms with Gasteiger partial charge in [-0.2, -0.15) is 0 Å². The van der Waals surface area contributed by atoms with E-state index in [1.807, 2.05) is 24.4 Å². The van der Waals surface area contributed by atoms with Crippen LogP contribution in [0.5, 0.6) is 0 Å². The second kappa shape index (κ2) is 4.90. The molecule has 2 aromatic heterocycles. The molecule has 5 heteroatoms. The molecule has 0 aliphatic rings. The van der Waals surface area contributed by atoms with Gasteiger partial charge in [-0.25, -0.2) is 0 Å². The van der Waals surface area contributed by atoms with Crippen molar-refractivity contribution in [2.75, 3.05) is 0 Å². The molecule has 0 aliphatic heterocycles. The summed E-state index contributed by atoms with van der Waals surface area (Å²) in [5, 5.41) is 0. The number of benzene rings is 1. The summed E-state index contributed by atoms with van der Waals surface area (Å²) in [6, 6.07) is 10.1. The van der Waals surface area contributed by atoms with Crippen LogP contribution in [0.1, 0.15) is 11.3 Å². The maximum absolute atomic E-state index is 5.40. The summed E-state index contributed by atoms with van der Waals surface area (Å²) in [5.41, 5.74) is 4.35. The molecule has 1 N–H and O–H groups in total. The lowest BCUT2D eigenvalue weighted by Gasteiger charge is -2.07. The predicted molar refractivity (Wildman–Crippen MR) is 82.9 cm³/mol. The van der Waals surface area contributed by atoms with Crippen molar-refractivity contribution in [3.05, 3.63) is 57.0 Å². The van der Waals surface area contributed by atoms with Crippen molar-refractivity contribution in [1.29, 1.82) is 0 Å². The quantitative estimate of drug-likeness (QED) is 0.712. The Morgan fingerprint density at radius 1 is 1.37 bits per heavy atom. The molecule has 0 bridgehead atoms. The van der Waals surface area contributed by atoms with Crippen LogP contribution in [0.25, 0.3) is 11.0 Å². The van der Waals surface area contributed by atoms with Crippen LogP contribution < -0.4 is 0 Å². The number of hydrogen-bond donors (Lipinski definition) is 1. The molecule has 1 aromatic carbocycles. The van der Waals surface area contributed by atoms with E-state index in [1.54, 1.807) is 0 Å². The zero-order valence-corrected chi connectivity index (χ0v) is 12.8. The fourth-order valence-corrected chi connectivity index (χ4v) is 2.74. The molecular weight excluding hydrogens is 322 g/mol. The highest BCUT2D eigenvalue weighted by atomic mass is 79.9. The van der Waals surface area contributed by atoms with E-state index in [4.69, 9.17) is 12.2 Å².